The molecule has 3 rings (SSSR count). The van der Waals surface area contributed by atoms with Crippen molar-refractivity contribution in [3.05, 3.63) is 60.0 Å². The highest BCUT2D eigenvalue weighted by Crippen LogP contribution is 2.19. The molecule has 0 spiro atoms. The Hall–Kier alpha value is -2.16. The zero-order valence-electron chi connectivity index (χ0n) is 9.67. The minimum Gasteiger partial charge on any atom is -0.339 e. The lowest BCUT2D eigenvalue weighted by Gasteiger charge is -2.06. The molecule has 0 fully saturated rings. The second-order valence-corrected chi connectivity index (χ2v) is 4.15. The molecule has 0 unspecified atom stereocenters. The third-order valence-electron chi connectivity index (χ3n) is 2.97. The van der Waals surface area contributed by atoms with Crippen LogP contribution in [0.3, 0.4) is 0 Å². The van der Waals surface area contributed by atoms with Crippen LogP contribution in [0.25, 0.3) is 10.9 Å². The van der Waals surface area contributed by atoms with Gasteiger partial charge in [0.2, 0.25) is 0 Å². The molecule has 1 aromatic carbocycles. The summed E-state index contributed by atoms with van der Waals surface area (Å²) in [4.78, 5) is 0. The van der Waals surface area contributed by atoms with Gasteiger partial charge in [0.05, 0.1) is 12.2 Å². The highest BCUT2D eigenvalue weighted by molar-refractivity contribution is 5.81. The van der Waals surface area contributed by atoms with Crippen molar-refractivity contribution in [2.45, 2.75) is 13.5 Å². The van der Waals surface area contributed by atoms with Crippen LogP contribution in [0.2, 0.25) is 0 Å². The van der Waals surface area contributed by atoms with Gasteiger partial charge in [-0.25, -0.2) is 0 Å². The number of aryl methyl sites for hydroxylation is 1. The van der Waals surface area contributed by atoms with E-state index >= 15 is 0 Å². The van der Waals surface area contributed by atoms with Crippen molar-refractivity contribution in [1.29, 1.82) is 0 Å². The molecule has 0 radical (unpaired) electrons. The van der Waals surface area contributed by atoms with Crippen molar-refractivity contribution in [2.75, 3.05) is 0 Å². The van der Waals surface area contributed by atoms with Gasteiger partial charge in [-0.3, -0.25) is 0 Å². The molecule has 0 saturated carbocycles. The van der Waals surface area contributed by atoms with E-state index < -0.39 is 0 Å². The fourth-order valence-corrected chi connectivity index (χ4v) is 2.14. The average Bonchev–Trinajstić information content (AvgIpc) is 2.68. The van der Waals surface area contributed by atoms with Gasteiger partial charge >= 0.3 is 0 Å². The molecule has 84 valence electrons. The summed E-state index contributed by atoms with van der Waals surface area (Å²) in [6, 6.07) is 14.5. The number of aromatic nitrogens is 3. The predicted molar refractivity (Wildman–Crippen MR) is 67.8 cm³/mol. The largest absolute Gasteiger partial charge is 0.339 e. The van der Waals surface area contributed by atoms with E-state index in [2.05, 4.69) is 52.0 Å². The Morgan fingerprint density at radius 3 is 2.82 bits per heavy atom. The molecule has 0 bridgehead atoms. The van der Waals surface area contributed by atoms with E-state index in [1.165, 1.54) is 16.6 Å². The van der Waals surface area contributed by atoms with Crippen molar-refractivity contribution in [3.63, 3.8) is 0 Å². The Morgan fingerprint density at radius 2 is 2.00 bits per heavy atom. The van der Waals surface area contributed by atoms with Gasteiger partial charge in [-0.15, -0.1) is 0 Å². The van der Waals surface area contributed by atoms with Gasteiger partial charge in [0, 0.05) is 17.4 Å². The van der Waals surface area contributed by atoms with E-state index in [0.29, 0.717) is 0 Å². The number of fused-ring (bicyclic) bond motifs is 1. The number of para-hydroxylation sites is 1. The lowest BCUT2D eigenvalue weighted by atomic mass is 10.2. The maximum atomic E-state index is 4.13. The minimum absolute atomic E-state index is 0.771. The van der Waals surface area contributed by atoms with Crippen LogP contribution in [0.1, 0.15) is 11.4 Å². The van der Waals surface area contributed by atoms with Gasteiger partial charge in [-0.2, -0.15) is 10.2 Å². The number of rotatable bonds is 2. The number of hydrogen-bond acceptors (Lipinski definition) is 2. The van der Waals surface area contributed by atoms with E-state index in [1.54, 1.807) is 6.20 Å². The van der Waals surface area contributed by atoms with Crippen LogP contribution >= 0.6 is 0 Å². The zero-order chi connectivity index (χ0) is 11.7. The van der Waals surface area contributed by atoms with Crippen molar-refractivity contribution in [2.24, 2.45) is 0 Å². The molecular weight excluding hydrogens is 210 g/mol. The quantitative estimate of drug-likeness (QED) is 0.668. The van der Waals surface area contributed by atoms with E-state index in [-0.39, 0.29) is 0 Å². The molecule has 0 N–H and O–H groups in total. The highest BCUT2D eigenvalue weighted by Gasteiger charge is 2.05. The normalized spacial score (nSPS) is 10.9. The minimum atomic E-state index is 0.771. The third kappa shape index (κ3) is 1.80. The van der Waals surface area contributed by atoms with Crippen molar-refractivity contribution in [1.82, 2.24) is 14.8 Å². The van der Waals surface area contributed by atoms with E-state index in [1.807, 2.05) is 12.1 Å². The first-order valence-corrected chi connectivity index (χ1v) is 5.66. The number of benzene rings is 1. The summed E-state index contributed by atoms with van der Waals surface area (Å²) in [5.74, 6) is 0. The van der Waals surface area contributed by atoms with Gasteiger partial charge < -0.3 is 4.57 Å². The molecule has 3 heteroatoms. The average molecular weight is 223 g/mol. The molecule has 2 aromatic heterocycles. The first-order chi connectivity index (χ1) is 8.34. The summed E-state index contributed by atoms with van der Waals surface area (Å²) in [5.41, 5.74) is 3.48. The first kappa shape index (κ1) is 10.0. The van der Waals surface area contributed by atoms with Gasteiger partial charge in [0.1, 0.15) is 0 Å². The molecule has 0 aliphatic rings. The maximum absolute atomic E-state index is 4.13. The van der Waals surface area contributed by atoms with Crippen LogP contribution < -0.4 is 0 Å². The van der Waals surface area contributed by atoms with Gasteiger partial charge in [-0.05, 0) is 36.6 Å². The topological polar surface area (TPSA) is 30.7 Å². The monoisotopic (exact) mass is 223 g/mol. The van der Waals surface area contributed by atoms with E-state index in [9.17, 15) is 0 Å². The lowest BCUT2D eigenvalue weighted by Crippen LogP contribution is -2.03. The van der Waals surface area contributed by atoms with Crippen molar-refractivity contribution >= 4 is 10.9 Å². The Balaban J connectivity index is 2.08. The molecule has 3 aromatic rings. The summed E-state index contributed by atoms with van der Waals surface area (Å²) in [6.07, 6.45) is 1.70. The summed E-state index contributed by atoms with van der Waals surface area (Å²) in [7, 11) is 0. The molecule has 3 nitrogen and oxygen atoms in total. The van der Waals surface area contributed by atoms with Crippen molar-refractivity contribution in [3.8, 4) is 0 Å². The summed E-state index contributed by atoms with van der Waals surface area (Å²) < 4.78 is 2.26. The Bertz CT molecular complexity index is 641. The van der Waals surface area contributed by atoms with Crippen LogP contribution in [-0.2, 0) is 6.54 Å². The third-order valence-corrected chi connectivity index (χ3v) is 2.97. The van der Waals surface area contributed by atoms with E-state index in [0.717, 1.165) is 12.2 Å². The zero-order valence-corrected chi connectivity index (χ0v) is 9.67. The Labute approximate surface area is 99.7 Å². The van der Waals surface area contributed by atoms with Crippen LogP contribution in [-0.4, -0.2) is 14.8 Å². The van der Waals surface area contributed by atoms with Crippen LogP contribution in [0.5, 0.6) is 0 Å². The molecule has 2 heterocycles. The summed E-state index contributed by atoms with van der Waals surface area (Å²) in [5, 5.41) is 9.31. The highest BCUT2D eigenvalue weighted by atomic mass is 15.1. The van der Waals surface area contributed by atoms with Gasteiger partial charge in [0.25, 0.3) is 0 Å². The molecule has 17 heavy (non-hydrogen) atoms. The SMILES string of the molecule is Cc1cc2ccccc2n1Cc1cccnn1. The smallest absolute Gasteiger partial charge is 0.0828 e. The summed E-state index contributed by atoms with van der Waals surface area (Å²) >= 11 is 0. The molecule has 0 aliphatic heterocycles. The number of hydrogen-bond donors (Lipinski definition) is 0. The molecule has 0 saturated heterocycles. The molecule has 0 amide bonds. The standard InChI is InChI=1S/C14H13N3/c1-11-9-12-5-2-3-7-14(12)17(11)10-13-6-4-8-15-16-13/h2-9H,10H2,1H3. The fraction of sp³-hybridized carbons (Fsp3) is 0.143. The Morgan fingerprint density at radius 1 is 1.12 bits per heavy atom. The van der Waals surface area contributed by atoms with Crippen LogP contribution in [0.4, 0.5) is 0 Å². The lowest BCUT2D eigenvalue weighted by molar-refractivity contribution is 0.759. The second kappa shape index (κ2) is 4.01. The fourth-order valence-electron chi connectivity index (χ4n) is 2.14. The second-order valence-electron chi connectivity index (χ2n) is 4.15. The van der Waals surface area contributed by atoms with Gasteiger partial charge in [0.15, 0.2) is 0 Å². The van der Waals surface area contributed by atoms with Gasteiger partial charge in [-0.1, -0.05) is 18.2 Å². The van der Waals surface area contributed by atoms with Crippen LogP contribution in [0.15, 0.2) is 48.7 Å². The van der Waals surface area contributed by atoms with Crippen LogP contribution in [0, 0.1) is 6.92 Å². The first-order valence-electron chi connectivity index (χ1n) is 5.66. The van der Waals surface area contributed by atoms with Crippen molar-refractivity contribution < 1.29 is 0 Å². The molecule has 0 aliphatic carbocycles. The molecular formula is C14H13N3. The van der Waals surface area contributed by atoms with E-state index in [4.69, 9.17) is 0 Å². The Kier molecular flexibility index (Phi) is 2.37. The number of nitrogens with zero attached hydrogens (tertiary/aromatic N) is 3. The predicted octanol–water partition coefficient (Wildman–Crippen LogP) is 2.79. The summed E-state index contributed by atoms with van der Waals surface area (Å²) in [6.45, 7) is 2.89. The maximum Gasteiger partial charge on any atom is 0.0828 e. The molecule has 0 atom stereocenters.